The molecule has 0 aliphatic carbocycles. The number of anilines is 1. The standard InChI is InChI=1S/C16H20N4O5S/c1-24-13-7-5-11(6-8-13)15-18-19-16(25-15)17-14(21)12-4-3-9-20(10-12)26(2,22)23/h5-8,12H,3-4,9-10H2,1-2H3,(H,17,19,21). The molecule has 1 saturated heterocycles. The van der Waals surface area contributed by atoms with Gasteiger partial charge in [0.2, 0.25) is 21.8 Å². The lowest BCUT2D eigenvalue weighted by Gasteiger charge is -2.29. The Balaban J connectivity index is 1.65. The number of piperidine rings is 1. The third-order valence-corrected chi connectivity index (χ3v) is 5.49. The van der Waals surface area contributed by atoms with Crippen LogP contribution in [0.15, 0.2) is 28.7 Å². The Bertz CT molecular complexity index is 878. The molecule has 1 unspecified atom stereocenters. The molecule has 9 nitrogen and oxygen atoms in total. The van der Waals surface area contributed by atoms with E-state index in [9.17, 15) is 13.2 Å². The number of nitrogens with one attached hydrogen (secondary N) is 1. The Morgan fingerprint density at radius 1 is 1.31 bits per heavy atom. The molecule has 26 heavy (non-hydrogen) atoms. The fourth-order valence-electron chi connectivity index (χ4n) is 2.79. The van der Waals surface area contributed by atoms with E-state index in [1.807, 2.05) is 0 Å². The number of ether oxygens (including phenoxy) is 1. The minimum Gasteiger partial charge on any atom is -0.497 e. The lowest BCUT2D eigenvalue weighted by molar-refractivity contribution is -0.121. The Hall–Kier alpha value is -2.46. The van der Waals surface area contributed by atoms with Gasteiger partial charge in [-0.1, -0.05) is 5.10 Å². The van der Waals surface area contributed by atoms with Gasteiger partial charge < -0.3 is 9.15 Å². The molecule has 1 fully saturated rings. The zero-order valence-corrected chi connectivity index (χ0v) is 15.3. The topological polar surface area (TPSA) is 115 Å². The summed E-state index contributed by atoms with van der Waals surface area (Å²) >= 11 is 0. The van der Waals surface area contributed by atoms with Crippen LogP contribution in [0.5, 0.6) is 5.75 Å². The highest BCUT2D eigenvalue weighted by molar-refractivity contribution is 7.88. The second-order valence-corrected chi connectivity index (χ2v) is 8.07. The van der Waals surface area contributed by atoms with Gasteiger partial charge in [-0.05, 0) is 37.1 Å². The maximum absolute atomic E-state index is 12.4. The number of hydrogen-bond donors (Lipinski definition) is 1. The highest BCUT2D eigenvalue weighted by Crippen LogP contribution is 2.24. The summed E-state index contributed by atoms with van der Waals surface area (Å²) in [4.78, 5) is 12.4. The van der Waals surface area contributed by atoms with Crippen molar-refractivity contribution in [1.29, 1.82) is 0 Å². The van der Waals surface area contributed by atoms with Gasteiger partial charge >= 0.3 is 6.01 Å². The Morgan fingerprint density at radius 2 is 2.04 bits per heavy atom. The minimum absolute atomic E-state index is 0.0164. The third kappa shape index (κ3) is 4.20. The lowest BCUT2D eigenvalue weighted by Crippen LogP contribution is -2.43. The van der Waals surface area contributed by atoms with Crippen molar-refractivity contribution in [1.82, 2.24) is 14.5 Å². The second kappa shape index (κ2) is 7.42. The molecule has 2 heterocycles. The fourth-order valence-corrected chi connectivity index (χ4v) is 3.70. The molecule has 1 amide bonds. The maximum Gasteiger partial charge on any atom is 0.322 e. The van der Waals surface area contributed by atoms with Gasteiger partial charge in [0.05, 0.1) is 19.3 Å². The largest absolute Gasteiger partial charge is 0.497 e. The average Bonchev–Trinajstić information content (AvgIpc) is 3.09. The van der Waals surface area contributed by atoms with Crippen molar-refractivity contribution in [3.63, 3.8) is 0 Å². The highest BCUT2D eigenvalue weighted by atomic mass is 32.2. The number of sulfonamides is 1. The molecular formula is C16H20N4O5S. The van der Waals surface area contributed by atoms with Gasteiger partial charge in [0.25, 0.3) is 0 Å². The molecule has 1 atom stereocenters. The Morgan fingerprint density at radius 3 is 2.69 bits per heavy atom. The van der Waals surface area contributed by atoms with Crippen molar-refractivity contribution in [3.05, 3.63) is 24.3 Å². The molecule has 10 heteroatoms. The lowest BCUT2D eigenvalue weighted by atomic mass is 9.99. The SMILES string of the molecule is COc1ccc(-c2nnc(NC(=O)C3CCCN(S(C)(=O)=O)C3)o2)cc1. The van der Waals surface area contributed by atoms with Crippen LogP contribution < -0.4 is 10.1 Å². The second-order valence-electron chi connectivity index (χ2n) is 6.09. The van der Waals surface area contributed by atoms with E-state index < -0.39 is 15.9 Å². The van der Waals surface area contributed by atoms with E-state index in [0.29, 0.717) is 30.7 Å². The number of amides is 1. The molecule has 1 N–H and O–H groups in total. The van der Waals surface area contributed by atoms with E-state index in [-0.39, 0.29) is 24.4 Å². The number of nitrogens with zero attached hydrogens (tertiary/aromatic N) is 3. The zero-order valence-electron chi connectivity index (χ0n) is 14.5. The number of benzene rings is 1. The van der Waals surface area contributed by atoms with Gasteiger partial charge in [0.1, 0.15) is 5.75 Å². The van der Waals surface area contributed by atoms with Crippen LogP contribution in [0.3, 0.4) is 0 Å². The molecular weight excluding hydrogens is 360 g/mol. The molecule has 0 saturated carbocycles. The van der Waals surface area contributed by atoms with E-state index in [0.717, 1.165) is 6.26 Å². The van der Waals surface area contributed by atoms with Crippen LogP contribution in [0, 0.1) is 5.92 Å². The smallest absolute Gasteiger partial charge is 0.322 e. The fraction of sp³-hybridized carbons (Fsp3) is 0.438. The van der Waals surface area contributed by atoms with E-state index in [1.54, 1.807) is 31.4 Å². The van der Waals surface area contributed by atoms with Crippen molar-refractivity contribution < 1.29 is 22.4 Å². The summed E-state index contributed by atoms with van der Waals surface area (Å²) in [5.74, 6) is 0.192. The summed E-state index contributed by atoms with van der Waals surface area (Å²) in [6.45, 7) is 0.592. The molecule has 0 bridgehead atoms. The quantitative estimate of drug-likeness (QED) is 0.833. The van der Waals surface area contributed by atoms with Crippen LogP contribution >= 0.6 is 0 Å². The van der Waals surface area contributed by atoms with E-state index >= 15 is 0 Å². The molecule has 0 radical (unpaired) electrons. The van der Waals surface area contributed by atoms with Gasteiger partial charge in [0.15, 0.2) is 0 Å². The number of carbonyl (C=O) groups is 1. The molecule has 1 aliphatic rings. The predicted octanol–water partition coefficient (Wildman–Crippen LogP) is 1.36. The van der Waals surface area contributed by atoms with Gasteiger partial charge in [-0.25, -0.2) is 12.7 Å². The molecule has 1 aromatic heterocycles. The summed E-state index contributed by atoms with van der Waals surface area (Å²) in [5, 5.41) is 10.3. The van der Waals surface area contributed by atoms with Crippen LogP contribution in [-0.2, 0) is 14.8 Å². The number of rotatable bonds is 5. The predicted molar refractivity (Wildman–Crippen MR) is 94.1 cm³/mol. The van der Waals surface area contributed by atoms with Crippen molar-refractivity contribution in [2.45, 2.75) is 12.8 Å². The van der Waals surface area contributed by atoms with Crippen molar-refractivity contribution in [3.8, 4) is 17.2 Å². The number of hydrogen-bond acceptors (Lipinski definition) is 7. The van der Waals surface area contributed by atoms with Gasteiger partial charge in [-0.3, -0.25) is 10.1 Å². The van der Waals surface area contributed by atoms with E-state index in [4.69, 9.17) is 9.15 Å². The molecule has 1 aliphatic heterocycles. The molecule has 2 aromatic rings. The normalized spacial score (nSPS) is 18.5. The highest BCUT2D eigenvalue weighted by Gasteiger charge is 2.30. The summed E-state index contributed by atoms with van der Waals surface area (Å²) in [7, 11) is -1.74. The van der Waals surface area contributed by atoms with E-state index in [1.165, 1.54) is 4.31 Å². The van der Waals surface area contributed by atoms with Crippen LogP contribution in [0.25, 0.3) is 11.5 Å². The van der Waals surface area contributed by atoms with Crippen molar-refractivity contribution in [2.24, 2.45) is 5.92 Å². The van der Waals surface area contributed by atoms with Crippen LogP contribution in [0.2, 0.25) is 0 Å². The molecule has 140 valence electrons. The molecule has 0 spiro atoms. The number of methoxy groups -OCH3 is 1. The number of carbonyl (C=O) groups excluding carboxylic acids is 1. The van der Waals surface area contributed by atoms with Gasteiger partial charge in [0, 0.05) is 18.7 Å². The minimum atomic E-state index is -3.31. The summed E-state index contributed by atoms with van der Waals surface area (Å²) < 4.78 is 35.2. The van der Waals surface area contributed by atoms with Gasteiger partial charge in [-0.15, -0.1) is 5.10 Å². The van der Waals surface area contributed by atoms with Crippen molar-refractivity contribution in [2.75, 3.05) is 31.8 Å². The van der Waals surface area contributed by atoms with Crippen LogP contribution in [0.4, 0.5) is 6.01 Å². The first-order valence-electron chi connectivity index (χ1n) is 8.11. The van der Waals surface area contributed by atoms with E-state index in [2.05, 4.69) is 15.5 Å². The summed E-state index contributed by atoms with van der Waals surface area (Å²) in [6.07, 6.45) is 2.38. The Labute approximate surface area is 151 Å². The summed E-state index contributed by atoms with van der Waals surface area (Å²) in [5.41, 5.74) is 0.694. The third-order valence-electron chi connectivity index (χ3n) is 4.22. The van der Waals surface area contributed by atoms with Crippen LogP contribution in [0.1, 0.15) is 12.8 Å². The Kier molecular flexibility index (Phi) is 5.23. The summed E-state index contributed by atoms with van der Waals surface area (Å²) in [6, 6.07) is 7.04. The monoisotopic (exact) mass is 380 g/mol. The van der Waals surface area contributed by atoms with Crippen LogP contribution in [-0.4, -0.2) is 55.3 Å². The maximum atomic E-state index is 12.4. The van der Waals surface area contributed by atoms with Crippen molar-refractivity contribution >= 4 is 21.9 Å². The first kappa shape index (κ1) is 18.3. The average molecular weight is 380 g/mol. The first-order valence-corrected chi connectivity index (χ1v) is 9.95. The number of aromatic nitrogens is 2. The molecule has 1 aromatic carbocycles. The first-order chi connectivity index (χ1) is 12.4. The van der Waals surface area contributed by atoms with Gasteiger partial charge in [-0.2, -0.15) is 0 Å². The molecule has 3 rings (SSSR count). The zero-order chi connectivity index (χ0) is 18.7.